The molecule has 0 aliphatic heterocycles. The van der Waals surface area contributed by atoms with Crippen molar-refractivity contribution >= 4 is 22.6 Å². The van der Waals surface area contributed by atoms with Crippen molar-refractivity contribution < 1.29 is 0 Å². The summed E-state index contributed by atoms with van der Waals surface area (Å²) in [7, 11) is 0. The number of rotatable bonds is 1. The van der Waals surface area contributed by atoms with Crippen molar-refractivity contribution in [3.05, 3.63) is 53.6 Å². The Labute approximate surface area is 149 Å². The summed E-state index contributed by atoms with van der Waals surface area (Å²) in [6, 6.07) is 0. The van der Waals surface area contributed by atoms with Crippen LogP contribution in [0.4, 0.5) is 0 Å². The second-order valence-corrected chi connectivity index (χ2v) is 7.77. The monoisotopic (exact) mass is 406 g/mol. The lowest BCUT2D eigenvalue weighted by Crippen LogP contribution is -2.05. The number of halogens is 1. The van der Waals surface area contributed by atoms with Crippen molar-refractivity contribution in [2.45, 2.75) is 62.3 Å². The molecule has 0 spiro atoms. The van der Waals surface area contributed by atoms with E-state index in [0.717, 1.165) is 0 Å². The number of hydrogen-bond acceptors (Lipinski definition) is 0. The molecule has 0 aromatic heterocycles. The van der Waals surface area contributed by atoms with E-state index in [-0.39, 0.29) is 0 Å². The van der Waals surface area contributed by atoms with Gasteiger partial charge >= 0.3 is 0 Å². The van der Waals surface area contributed by atoms with Gasteiger partial charge in [0.2, 0.25) is 0 Å². The molecule has 0 bridgehead atoms. The Kier molecular flexibility index (Phi) is 4.77. The molecule has 0 heterocycles. The average Bonchev–Trinajstić information content (AvgIpc) is 2.50. The minimum absolute atomic E-state index is 1.41. The zero-order valence-corrected chi connectivity index (χ0v) is 17.5. The van der Waals surface area contributed by atoms with Gasteiger partial charge in [-0.15, -0.1) is 0 Å². The van der Waals surface area contributed by atoms with E-state index < -0.39 is 0 Å². The van der Waals surface area contributed by atoms with Crippen molar-refractivity contribution in [1.29, 1.82) is 0 Å². The molecule has 0 aliphatic carbocycles. The van der Waals surface area contributed by atoms with Gasteiger partial charge in [-0.1, -0.05) is 0 Å². The van der Waals surface area contributed by atoms with Gasteiger partial charge in [-0.05, 0) is 146 Å². The molecule has 0 atom stereocenters. The quantitative estimate of drug-likeness (QED) is 0.461. The SMILES string of the molecule is Cc1c(C)c(C)c(-c2c(C)c(C)c(C)c(I)c2C)c(C)c1C. The lowest BCUT2D eigenvalue weighted by molar-refractivity contribution is 1.16. The van der Waals surface area contributed by atoms with Gasteiger partial charge in [0, 0.05) is 3.57 Å². The molecule has 0 nitrogen and oxygen atoms in total. The van der Waals surface area contributed by atoms with Gasteiger partial charge < -0.3 is 0 Å². The molecule has 2 rings (SSSR count). The molecule has 118 valence electrons. The molecule has 2 aromatic carbocycles. The van der Waals surface area contributed by atoms with Crippen LogP contribution in [0.15, 0.2) is 0 Å². The van der Waals surface area contributed by atoms with Crippen LogP contribution in [-0.2, 0) is 0 Å². The van der Waals surface area contributed by atoms with Crippen molar-refractivity contribution in [1.82, 2.24) is 0 Å². The van der Waals surface area contributed by atoms with Crippen LogP contribution in [0.1, 0.15) is 50.1 Å². The molecular formula is C21H27I. The zero-order valence-electron chi connectivity index (χ0n) is 15.4. The Balaban J connectivity index is 3.03. The molecule has 0 aliphatic rings. The Bertz CT molecular complexity index is 654. The fraction of sp³-hybridized carbons (Fsp3) is 0.429. The lowest BCUT2D eigenvalue weighted by Gasteiger charge is -2.24. The van der Waals surface area contributed by atoms with E-state index in [0.29, 0.717) is 0 Å². The smallest absolute Gasteiger partial charge is 0.0197 e. The van der Waals surface area contributed by atoms with E-state index in [1.165, 1.54) is 64.8 Å². The molecule has 0 saturated heterocycles. The van der Waals surface area contributed by atoms with E-state index in [2.05, 4.69) is 84.9 Å². The summed E-state index contributed by atoms with van der Waals surface area (Å²) >= 11 is 2.51. The summed E-state index contributed by atoms with van der Waals surface area (Å²) in [6.45, 7) is 20.4. The fourth-order valence-electron chi connectivity index (χ4n) is 3.56. The predicted octanol–water partition coefficient (Wildman–Crippen LogP) is 6.73. The van der Waals surface area contributed by atoms with Gasteiger partial charge in [-0.3, -0.25) is 0 Å². The van der Waals surface area contributed by atoms with Crippen molar-refractivity contribution in [2.75, 3.05) is 0 Å². The third-order valence-electron chi connectivity index (χ3n) is 5.78. The summed E-state index contributed by atoms with van der Waals surface area (Å²) in [5.74, 6) is 0. The van der Waals surface area contributed by atoms with Crippen molar-refractivity contribution in [3.63, 3.8) is 0 Å². The first-order valence-corrected chi connectivity index (χ1v) is 9.02. The Morgan fingerprint density at radius 3 is 1.05 bits per heavy atom. The van der Waals surface area contributed by atoms with Gasteiger partial charge in [0.25, 0.3) is 0 Å². The minimum atomic E-state index is 1.41. The van der Waals surface area contributed by atoms with Crippen LogP contribution in [0.3, 0.4) is 0 Å². The van der Waals surface area contributed by atoms with Crippen LogP contribution in [0.25, 0.3) is 11.1 Å². The fourth-order valence-corrected chi connectivity index (χ4v) is 4.23. The Hall–Kier alpha value is -0.830. The highest BCUT2D eigenvalue weighted by atomic mass is 127. The van der Waals surface area contributed by atoms with Gasteiger partial charge in [0.05, 0.1) is 0 Å². The first-order valence-electron chi connectivity index (χ1n) is 7.94. The molecule has 22 heavy (non-hydrogen) atoms. The Morgan fingerprint density at radius 2 is 0.636 bits per heavy atom. The normalized spacial score (nSPS) is 11.2. The lowest BCUT2D eigenvalue weighted by atomic mass is 9.81. The molecule has 0 radical (unpaired) electrons. The van der Waals surface area contributed by atoms with Gasteiger partial charge in [0.15, 0.2) is 0 Å². The van der Waals surface area contributed by atoms with E-state index in [4.69, 9.17) is 0 Å². The van der Waals surface area contributed by atoms with Crippen LogP contribution in [-0.4, -0.2) is 0 Å². The largest absolute Gasteiger partial charge is 0.0447 e. The maximum Gasteiger partial charge on any atom is 0.0197 e. The Morgan fingerprint density at radius 1 is 0.364 bits per heavy atom. The first-order chi connectivity index (χ1) is 10.1. The molecule has 0 amide bonds. The summed E-state index contributed by atoms with van der Waals surface area (Å²) in [4.78, 5) is 0. The maximum atomic E-state index is 2.51. The maximum absolute atomic E-state index is 2.51. The molecule has 0 unspecified atom stereocenters. The van der Waals surface area contributed by atoms with Crippen LogP contribution in [0, 0.1) is 65.9 Å². The third-order valence-corrected chi connectivity index (χ3v) is 7.40. The highest BCUT2D eigenvalue weighted by molar-refractivity contribution is 14.1. The van der Waals surface area contributed by atoms with E-state index in [9.17, 15) is 0 Å². The highest BCUT2D eigenvalue weighted by Crippen LogP contribution is 2.40. The van der Waals surface area contributed by atoms with Gasteiger partial charge in [-0.25, -0.2) is 0 Å². The van der Waals surface area contributed by atoms with Crippen LogP contribution < -0.4 is 0 Å². The second-order valence-electron chi connectivity index (χ2n) is 6.69. The van der Waals surface area contributed by atoms with E-state index >= 15 is 0 Å². The third kappa shape index (κ3) is 2.42. The standard InChI is InChI=1S/C21H27I/c1-10-11(2)14(5)19(15(6)12(10)3)20-16(7)13(4)17(8)21(22)18(20)9/h1-9H3. The summed E-state index contributed by atoms with van der Waals surface area (Å²) in [5.41, 5.74) is 15.8. The average molecular weight is 406 g/mol. The number of benzene rings is 2. The topological polar surface area (TPSA) is 0 Å². The summed E-state index contributed by atoms with van der Waals surface area (Å²) < 4.78 is 1.41. The van der Waals surface area contributed by atoms with Crippen molar-refractivity contribution in [3.8, 4) is 11.1 Å². The highest BCUT2D eigenvalue weighted by Gasteiger charge is 2.20. The molecular weight excluding hydrogens is 379 g/mol. The summed E-state index contributed by atoms with van der Waals surface area (Å²) in [6.07, 6.45) is 0. The molecule has 0 fully saturated rings. The van der Waals surface area contributed by atoms with Crippen LogP contribution in [0.5, 0.6) is 0 Å². The van der Waals surface area contributed by atoms with Crippen LogP contribution in [0.2, 0.25) is 0 Å². The molecule has 2 aromatic rings. The van der Waals surface area contributed by atoms with Gasteiger partial charge in [-0.2, -0.15) is 0 Å². The summed E-state index contributed by atoms with van der Waals surface area (Å²) in [5, 5.41) is 0. The van der Waals surface area contributed by atoms with Gasteiger partial charge in [0.1, 0.15) is 0 Å². The predicted molar refractivity (Wildman–Crippen MR) is 107 cm³/mol. The number of hydrogen-bond donors (Lipinski definition) is 0. The first kappa shape index (κ1) is 17.5. The minimum Gasteiger partial charge on any atom is -0.0447 e. The molecule has 0 N–H and O–H groups in total. The van der Waals surface area contributed by atoms with E-state index in [1.54, 1.807) is 0 Å². The zero-order chi connectivity index (χ0) is 16.9. The van der Waals surface area contributed by atoms with Crippen molar-refractivity contribution in [2.24, 2.45) is 0 Å². The molecule has 0 saturated carbocycles. The second kappa shape index (κ2) is 5.99. The van der Waals surface area contributed by atoms with E-state index in [1.807, 2.05) is 0 Å². The van der Waals surface area contributed by atoms with Crippen LogP contribution >= 0.6 is 22.6 Å². The molecule has 1 heteroatoms.